The van der Waals surface area contributed by atoms with Gasteiger partial charge in [0, 0.05) is 30.6 Å². The molecule has 2 aliphatic rings. The van der Waals surface area contributed by atoms with Crippen LogP contribution >= 0.6 is 22.7 Å². The first-order chi connectivity index (χ1) is 17.1. The predicted octanol–water partition coefficient (Wildman–Crippen LogP) is 4.09. The molecular formula is C23H21N5O5S2. The fraction of sp³-hybridized carbons (Fsp3) is 0.348. The normalized spacial score (nSPS) is 16.6. The fourth-order valence-electron chi connectivity index (χ4n) is 4.50. The van der Waals surface area contributed by atoms with Crippen LogP contribution < -0.4 is 19.1 Å². The summed E-state index contributed by atoms with van der Waals surface area (Å²) >= 11 is 3.01. The van der Waals surface area contributed by atoms with Crippen LogP contribution in [0, 0.1) is 5.41 Å². The molecule has 2 aliphatic heterocycles. The van der Waals surface area contributed by atoms with Gasteiger partial charge >= 0.3 is 0 Å². The second-order valence-corrected chi connectivity index (χ2v) is 10.6. The number of furan rings is 1. The summed E-state index contributed by atoms with van der Waals surface area (Å²) in [7, 11) is 3.21. The van der Waals surface area contributed by atoms with Crippen molar-refractivity contribution in [3.05, 3.63) is 35.5 Å². The molecule has 7 rings (SSSR count). The molecule has 10 nitrogen and oxygen atoms in total. The lowest BCUT2D eigenvalue weighted by Gasteiger charge is -2.54. The number of hydrogen-bond acceptors (Lipinski definition) is 11. The van der Waals surface area contributed by atoms with E-state index in [9.17, 15) is 0 Å². The number of hydrogen-bond donors (Lipinski definition) is 0. The summed E-state index contributed by atoms with van der Waals surface area (Å²) in [5.41, 5.74) is 2.63. The van der Waals surface area contributed by atoms with Crippen molar-refractivity contribution in [2.75, 3.05) is 45.4 Å². The second kappa shape index (κ2) is 7.83. The molecule has 0 saturated carbocycles. The Morgan fingerprint density at radius 2 is 2.03 bits per heavy atom. The smallest absolute Gasteiger partial charge is 0.294 e. The molecule has 6 heterocycles. The van der Waals surface area contributed by atoms with Crippen molar-refractivity contribution in [2.24, 2.45) is 5.41 Å². The molecule has 0 aliphatic carbocycles. The predicted molar refractivity (Wildman–Crippen MR) is 131 cm³/mol. The van der Waals surface area contributed by atoms with Crippen LogP contribution in [0.1, 0.15) is 5.69 Å². The van der Waals surface area contributed by atoms with Gasteiger partial charge in [-0.05, 0) is 17.4 Å². The molecule has 4 aromatic heterocycles. The Hall–Kier alpha value is -3.35. The SMILES string of the molecule is COc1cc(OCc2csc(N3CC4(COC4)C3)n2)c2cc(-c3cnc4sc(OC)nn34)oc2c1. The van der Waals surface area contributed by atoms with Gasteiger partial charge in [0.15, 0.2) is 10.9 Å². The lowest BCUT2D eigenvalue weighted by molar-refractivity contribution is -0.127. The molecule has 1 spiro atoms. The van der Waals surface area contributed by atoms with Gasteiger partial charge in [0.1, 0.15) is 29.4 Å². The van der Waals surface area contributed by atoms with Crippen molar-refractivity contribution in [1.29, 1.82) is 0 Å². The zero-order valence-electron chi connectivity index (χ0n) is 19.0. The van der Waals surface area contributed by atoms with Gasteiger partial charge in [0.25, 0.3) is 5.19 Å². The number of anilines is 1. The molecule has 35 heavy (non-hydrogen) atoms. The maximum Gasteiger partial charge on any atom is 0.294 e. The summed E-state index contributed by atoms with van der Waals surface area (Å²) in [5, 5.41) is 8.89. The molecule has 12 heteroatoms. The fourth-order valence-corrected chi connectivity index (χ4v) is 6.01. The van der Waals surface area contributed by atoms with E-state index < -0.39 is 0 Å². The molecule has 0 radical (unpaired) electrons. The Labute approximate surface area is 207 Å². The van der Waals surface area contributed by atoms with Crippen LogP contribution in [0.2, 0.25) is 0 Å². The summed E-state index contributed by atoms with van der Waals surface area (Å²) in [6.07, 6.45) is 1.74. The summed E-state index contributed by atoms with van der Waals surface area (Å²) < 4.78 is 30.2. The van der Waals surface area contributed by atoms with Gasteiger partial charge in [0.05, 0.1) is 50.1 Å². The standard InChI is InChI=1S/C23H21N5O5S2/c1-29-14-3-17(32-7-13-8-34-21(25-13)27-9-23(10-27)11-31-12-23)15-5-19(33-18(15)4-14)16-6-24-20-28(16)26-22(30-2)35-20/h3-6,8H,7,9-12H2,1-2H3. The lowest BCUT2D eigenvalue weighted by atomic mass is 9.78. The van der Waals surface area contributed by atoms with Crippen LogP contribution in [0.25, 0.3) is 27.4 Å². The average Bonchev–Trinajstić information content (AvgIpc) is 3.57. The largest absolute Gasteiger partial charge is 0.496 e. The molecule has 0 N–H and O–H groups in total. The van der Waals surface area contributed by atoms with E-state index in [1.165, 1.54) is 11.3 Å². The number of imidazole rings is 1. The number of aromatic nitrogens is 4. The van der Waals surface area contributed by atoms with Crippen LogP contribution in [0.3, 0.4) is 0 Å². The third-order valence-corrected chi connectivity index (χ3v) is 8.19. The number of rotatable bonds is 7. The van der Waals surface area contributed by atoms with E-state index in [0.717, 1.165) is 53.2 Å². The van der Waals surface area contributed by atoms with Crippen LogP contribution in [0.5, 0.6) is 16.7 Å². The molecule has 1 aromatic carbocycles. The van der Waals surface area contributed by atoms with Crippen molar-refractivity contribution in [3.63, 3.8) is 0 Å². The molecule has 5 aromatic rings. The number of thiazole rings is 1. The first-order valence-electron chi connectivity index (χ1n) is 11.0. The van der Waals surface area contributed by atoms with Gasteiger partial charge in [0.2, 0.25) is 4.96 Å². The second-order valence-electron chi connectivity index (χ2n) is 8.82. The molecular weight excluding hydrogens is 490 g/mol. The van der Waals surface area contributed by atoms with Gasteiger partial charge in [-0.2, -0.15) is 4.52 Å². The topological polar surface area (TPSA) is 96.4 Å². The Morgan fingerprint density at radius 1 is 1.14 bits per heavy atom. The van der Waals surface area contributed by atoms with E-state index in [2.05, 4.69) is 20.4 Å². The zero-order chi connectivity index (χ0) is 23.6. The van der Waals surface area contributed by atoms with Crippen LogP contribution in [-0.4, -0.2) is 60.1 Å². The number of nitrogens with zero attached hydrogens (tertiary/aromatic N) is 5. The van der Waals surface area contributed by atoms with Crippen molar-refractivity contribution in [3.8, 4) is 28.1 Å². The highest BCUT2D eigenvalue weighted by molar-refractivity contribution is 7.18. The monoisotopic (exact) mass is 511 g/mol. The number of fused-ring (bicyclic) bond motifs is 2. The zero-order valence-corrected chi connectivity index (χ0v) is 20.6. The third-order valence-electron chi connectivity index (χ3n) is 6.36. The lowest BCUT2D eigenvalue weighted by Crippen LogP contribution is -2.66. The van der Waals surface area contributed by atoms with E-state index in [4.69, 9.17) is 28.3 Å². The third kappa shape index (κ3) is 3.43. The highest BCUT2D eigenvalue weighted by atomic mass is 32.1. The van der Waals surface area contributed by atoms with Gasteiger partial charge in [-0.25, -0.2) is 9.97 Å². The van der Waals surface area contributed by atoms with Gasteiger partial charge in [-0.15, -0.1) is 16.4 Å². The van der Waals surface area contributed by atoms with E-state index in [1.807, 2.05) is 18.2 Å². The van der Waals surface area contributed by atoms with Crippen molar-refractivity contribution >= 4 is 43.7 Å². The Balaban J connectivity index is 1.15. The van der Waals surface area contributed by atoms with Gasteiger partial charge in [-0.1, -0.05) is 0 Å². The first-order valence-corrected chi connectivity index (χ1v) is 12.7. The Bertz CT molecular complexity index is 1540. The molecule has 180 valence electrons. The molecule has 2 fully saturated rings. The first kappa shape index (κ1) is 21.0. The molecule has 0 atom stereocenters. The minimum atomic E-state index is 0.349. The Morgan fingerprint density at radius 3 is 2.80 bits per heavy atom. The summed E-state index contributed by atoms with van der Waals surface area (Å²) in [6, 6.07) is 5.64. The molecule has 0 amide bonds. The van der Waals surface area contributed by atoms with Crippen LogP contribution in [-0.2, 0) is 11.3 Å². The maximum atomic E-state index is 6.22. The highest BCUT2D eigenvalue weighted by Gasteiger charge is 2.49. The van der Waals surface area contributed by atoms with Crippen molar-refractivity contribution in [1.82, 2.24) is 19.6 Å². The number of benzene rings is 1. The van der Waals surface area contributed by atoms with E-state index in [0.29, 0.717) is 40.1 Å². The quantitative estimate of drug-likeness (QED) is 0.320. The minimum Gasteiger partial charge on any atom is -0.496 e. The molecule has 0 bridgehead atoms. The Kier molecular flexibility index (Phi) is 4.69. The number of methoxy groups -OCH3 is 2. The van der Waals surface area contributed by atoms with Gasteiger partial charge in [-0.3, -0.25) is 0 Å². The summed E-state index contributed by atoms with van der Waals surface area (Å²) in [6.45, 7) is 4.11. The average molecular weight is 512 g/mol. The maximum absolute atomic E-state index is 6.22. The number of ether oxygens (including phenoxy) is 4. The van der Waals surface area contributed by atoms with Gasteiger partial charge < -0.3 is 28.3 Å². The van der Waals surface area contributed by atoms with Crippen LogP contribution in [0.15, 0.2) is 34.2 Å². The highest BCUT2D eigenvalue weighted by Crippen LogP contribution is 2.41. The molecule has 0 unspecified atom stereocenters. The van der Waals surface area contributed by atoms with E-state index in [-0.39, 0.29) is 0 Å². The van der Waals surface area contributed by atoms with Crippen molar-refractivity contribution < 1.29 is 23.4 Å². The van der Waals surface area contributed by atoms with E-state index >= 15 is 0 Å². The van der Waals surface area contributed by atoms with Crippen molar-refractivity contribution in [2.45, 2.75) is 6.61 Å². The summed E-state index contributed by atoms with van der Waals surface area (Å²) in [4.78, 5) is 12.2. The summed E-state index contributed by atoms with van der Waals surface area (Å²) in [5.74, 6) is 1.94. The minimum absolute atomic E-state index is 0.349. The van der Waals surface area contributed by atoms with Crippen LogP contribution in [0.4, 0.5) is 5.13 Å². The van der Waals surface area contributed by atoms with E-state index in [1.54, 1.807) is 36.3 Å². The molecule has 2 saturated heterocycles.